The van der Waals surface area contributed by atoms with Crippen LogP contribution in [0.15, 0.2) is 212 Å². The summed E-state index contributed by atoms with van der Waals surface area (Å²) in [5.41, 5.74) is 8.74. The zero-order chi connectivity index (χ0) is 63.4. The number of fused-ring (bicyclic) bond motifs is 3. The number of sulfonamides is 3. The molecule has 0 saturated heterocycles. The third-order valence-electron chi connectivity index (χ3n) is 13.4. The zero-order valence-corrected chi connectivity index (χ0v) is 52.1. The lowest BCUT2D eigenvalue weighted by Gasteiger charge is -2.09. The van der Waals surface area contributed by atoms with Gasteiger partial charge in [0.2, 0.25) is 30.1 Å². The quantitative estimate of drug-likeness (QED) is 0.0634. The van der Waals surface area contributed by atoms with Crippen LogP contribution in [-0.4, -0.2) is 55.2 Å². The van der Waals surface area contributed by atoms with Crippen molar-refractivity contribution in [2.24, 2.45) is 15.4 Å². The van der Waals surface area contributed by atoms with Gasteiger partial charge in [0.15, 0.2) is 0 Å². The number of rotatable bonds is 12. The van der Waals surface area contributed by atoms with Gasteiger partial charge in [0.05, 0.1) is 58.4 Å². The Morgan fingerprint density at radius 2 is 0.820 bits per heavy atom. The predicted octanol–water partition coefficient (Wildman–Crippen LogP) is 15.5. The Morgan fingerprint density at radius 3 is 1.22 bits per heavy atom. The molecule has 0 aliphatic carbocycles. The zero-order valence-electron chi connectivity index (χ0n) is 45.8. The van der Waals surface area contributed by atoms with Crippen molar-refractivity contribution in [3.05, 3.63) is 248 Å². The summed E-state index contributed by atoms with van der Waals surface area (Å²) in [6.45, 7) is 0. The van der Waals surface area contributed by atoms with Crippen LogP contribution < -0.4 is 15.4 Å². The van der Waals surface area contributed by atoms with Crippen LogP contribution in [0, 0.1) is 5.82 Å². The van der Waals surface area contributed by atoms with Gasteiger partial charge in [-0.15, -0.1) is 0 Å². The molecule has 15 nitrogen and oxygen atoms in total. The van der Waals surface area contributed by atoms with Crippen molar-refractivity contribution < 1.29 is 42.8 Å². The molecule has 0 aliphatic heterocycles. The number of hydrogen-bond acceptors (Lipinski definition) is 9. The average molecular weight is 1400 g/mol. The van der Waals surface area contributed by atoms with Gasteiger partial charge in [-0.25, -0.2) is 60.0 Å². The van der Waals surface area contributed by atoms with Crippen LogP contribution in [0.1, 0.15) is 39.7 Å². The highest BCUT2D eigenvalue weighted by Gasteiger charge is 2.33. The van der Waals surface area contributed by atoms with Gasteiger partial charge in [-0.2, -0.15) is 13.2 Å². The third-order valence-corrected chi connectivity index (χ3v) is 17.6. The summed E-state index contributed by atoms with van der Waals surface area (Å²) < 4.78 is 126. The SMILES string of the molecule is NS(=O)(=O)c1ccccc1-c1ccc2nc(/C=C/c3cc(Br)ccc3F)[nH]c2c1.NS(=O)(=O)c1ccccc1-c1ccc2nc(/C=C/c3ccc(Cl)c(C(F)(F)F)c3)[nH]c2c1.NS(=O)(=O)c1ccccc1-c1ccc2nc(/C=C/c3cccc(Br)c3)[nH]c2c1. The van der Waals surface area contributed by atoms with Gasteiger partial charge in [-0.05, 0) is 149 Å². The molecular weight excluding hydrogens is 1360 g/mol. The maximum absolute atomic E-state index is 13.9. The Hall–Kier alpha value is -8.69. The molecule has 9 aromatic carbocycles. The lowest BCUT2D eigenvalue weighted by atomic mass is 10.1. The summed E-state index contributed by atoms with van der Waals surface area (Å²) in [4.78, 5) is 23.1. The molecule has 0 unspecified atom stereocenters. The van der Waals surface area contributed by atoms with Crippen molar-refractivity contribution in [2.75, 3.05) is 0 Å². The molecule has 0 bridgehead atoms. The molecule has 89 heavy (non-hydrogen) atoms. The lowest BCUT2D eigenvalue weighted by molar-refractivity contribution is -0.137. The summed E-state index contributed by atoms with van der Waals surface area (Å²) in [5.74, 6) is 1.35. The molecule has 0 aliphatic rings. The molecule has 9 N–H and O–H groups in total. The summed E-state index contributed by atoms with van der Waals surface area (Å²) >= 11 is 12.4. The standard InChI is InChI=1S/C22H15ClF3N3O2S.C21H15BrFN3O2S.C21H16BrN3O2S/c23-17-8-5-13(11-16(17)22(24,25)26)6-10-21-28-18-9-7-14(12-19(18)29-21)15-3-1-2-4-20(15)32(27,30)31;22-15-7-8-17(23)14(11-15)6-10-21-25-18-9-5-13(12-19(18)26-21)16-3-1-2-4-20(16)29(24,27)28;22-16-5-3-4-14(12-16)8-11-21-24-18-10-9-15(13-19(18)25-21)17-6-1-2-7-20(17)28(23,26)27/h1-12H,(H,28,29)(H2,27,30,31);1-12H,(H,25,26)(H2,24,27,28);1-13H,(H,24,25)(H2,23,26,27)/b2*10-6+;11-8+. The van der Waals surface area contributed by atoms with E-state index in [9.17, 15) is 42.8 Å². The molecule has 0 saturated carbocycles. The lowest BCUT2D eigenvalue weighted by Crippen LogP contribution is -2.13. The molecule has 0 atom stereocenters. The minimum atomic E-state index is -4.55. The number of primary sulfonamides is 3. The molecule has 25 heteroatoms. The Morgan fingerprint density at radius 1 is 0.427 bits per heavy atom. The normalized spacial score (nSPS) is 12.3. The highest BCUT2D eigenvalue weighted by molar-refractivity contribution is 9.10. The molecule has 0 spiro atoms. The van der Waals surface area contributed by atoms with Gasteiger partial charge < -0.3 is 15.0 Å². The van der Waals surface area contributed by atoms with Crippen LogP contribution in [0.2, 0.25) is 5.02 Å². The molecule has 0 fully saturated rings. The molecule has 0 radical (unpaired) electrons. The van der Waals surface area contributed by atoms with Crippen molar-refractivity contribution in [2.45, 2.75) is 20.9 Å². The van der Waals surface area contributed by atoms with E-state index in [1.165, 1.54) is 42.5 Å². The van der Waals surface area contributed by atoms with Crippen molar-refractivity contribution in [1.82, 2.24) is 29.9 Å². The second kappa shape index (κ2) is 26.2. The first-order chi connectivity index (χ1) is 42.2. The van der Waals surface area contributed by atoms with E-state index in [1.54, 1.807) is 115 Å². The molecule has 0 amide bonds. The predicted molar refractivity (Wildman–Crippen MR) is 350 cm³/mol. The van der Waals surface area contributed by atoms with Crippen LogP contribution in [-0.2, 0) is 36.2 Å². The van der Waals surface area contributed by atoms with E-state index in [2.05, 4.69) is 61.8 Å². The first kappa shape index (κ1) is 63.3. The van der Waals surface area contributed by atoms with Crippen LogP contribution in [0.4, 0.5) is 17.6 Å². The monoisotopic (exact) mass is 1400 g/mol. The van der Waals surface area contributed by atoms with Gasteiger partial charge in [0, 0.05) is 31.2 Å². The fourth-order valence-corrected chi connectivity index (χ4v) is 12.6. The van der Waals surface area contributed by atoms with Crippen LogP contribution in [0.5, 0.6) is 0 Å². The smallest absolute Gasteiger partial charge is 0.338 e. The topological polar surface area (TPSA) is 267 Å². The Kier molecular flexibility index (Phi) is 18.6. The fraction of sp³-hybridized carbons (Fsp3) is 0.0156. The van der Waals surface area contributed by atoms with Gasteiger partial charge in [-0.1, -0.05) is 147 Å². The molecular formula is C64H46Br2ClF4N9O6S3. The number of nitrogens with two attached hydrogens (primary N) is 3. The van der Waals surface area contributed by atoms with E-state index in [1.807, 2.05) is 60.7 Å². The second-order valence-corrected chi connectivity index (χ2v) is 26.5. The Bertz CT molecular complexity index is 5150. The molecule has 3 heterocycles. The van der Waals surface area contributed by atoms with Crippen molar-refractivity contribution in [1.29, 1.82) is 0 Å². The molecule has 12 aromatic rings. The number of imidazole rings is 3. The van der Waals surface area contributed by atoms with Gasteiger partial charge >= 0.3 is 6.18 Å². The number of halogens is 7. The van der Waals surface area contributed by atoms with Gasteiger partial charge in [0.1, 0.15) is 23.3 Å². The molecule has 12 rings (SSSR count). The maximum atomic E-state index is 13.9. The highest BCUT2D eigenvalue weighted by Crippen LogP contribution is 2.37. The van der Waals surface area contributed by atoms with Crippen LogP contribution in [0.25, 0.3) is 103 Å². The number of hydrogen-bond donors (Lipinski definition) is 6. The van der Waals surface area contributed by atoms with Gasteiger partial charge in [0.25, 0.3) is 0 Å². The van der Waals surface area contributed by atoms with E-state index in [0.717, 1.165) is 42.7 Å². The Labute approximate surface area is 529 Å². The van der Waals surface area contributed by atoms with E-state index in [-0.39, 0.29) is 25.5 Å². The van der Waals surface area contributed by atoms with Crippen LogP contribution in [0.3, 0.4) is 0 Å². The van der Waals surface area contributed by atoms with Crippen molar-refractivity contribution >= 4 is 143 Å². The van der Waals surface area contributed by atoms with Crippen LogP contribution >= 0.6 is 43.5 Å². The van der Waals surface area contributed by atoms with Gasteiger partial charge in [-0.3, -0.25) is 0 Å². The number of H-pyrrole nitrogens is 3. The first-order valence-electron chi connectivity index (χ1n) is 26.2. The van der Waals surface area contributed by atoms with E-state index in [0.29, 0.717) is 73.0 Å². The minimum absolute atomic E-state index is 0.00203. The number of nitrogens with zero attached hydrogens (tertiary/aromatic N) is 3. The maximum Gasteiger partial charge on any atom is 0.417 e. The molecule has 450 valence electrons. The minimum Gasteiger partial charge on any atom is -0.338 e. The number of aromatic nitrogens is 6. The third kappa shape index (κ3) is 15.6. The van der Waals surface area contributed by atoms with E-state index >= 15 is 0 Å². The average Bonchev–Trinajstić information content (AvgIpc) is 2.19. The summed E-state index contributed by atoms with van der Waals surface area (Å²) in [6, 6.07) is 52.0. The van der Waals surface area contributed by atoms with E-state index < -0.39 is 41.8 Å². The largest absolute Gasteiger partial charge is 0.417 e. The van der Waals surface area contributed by atoms with Crippen molar-refractivity contribution in [3.8, 4) is 33.4 Å². The summed E-state index contributed by atoms with van der Waals surface area (Å²) in [6.07, 6.45) is 5.67. The Balaban J connectivity index is 0.000000147. The number of aromatic amines is 3. The number of benzene rings is 9. The summed E-state index contributed by atoms with van der Waals surface area (Å²) in [5, 5.41) is 15.6. The van der Waals surface area contributed by atoms with E-state index in [4.69, 9.17) is 27.0 Å². The first-order valence-corrected chi connectivity index (χ1v) is 32.8. The van der Waals surface area contributed by atoms with Crippen molar-refractivity contribution in [3.63, 3.8) is 0 Å². The summed E-state index contributed by atoms with van der Waals surface area (Å²) in [7, 11) is -11.6. The molecule has 3 aromatic heterocycles. The number of alkyl halides is 3. The highest BCUT2D eigenvalue weighted by atomic mass is 79.9. The fourth-order valence-electron chi connectivity index (χ4n) is 9.32. The number of nitrogens with one attached hydrogen (secondary N) is 3. The second-order valence-electron chi connectivity index (χ2n) is 19.6.